The largest absolute Gasteiger partial charge is 0.489 e. The van der Waals surface area contributed by atoms with Crippen LogP contribution in [-0.2, 0) is 27.3 Å². The molecular formula is C19H21FO4. The number of rotatable bonds is 8. The van der Waals surface area contributed by atoms with Gasteiger partial charge in [-0.15, -0.1) is 0 Å². The lowest BCUT2D eigenvalue weighted by molar-refractivity contribution is -0.153. The van der Waals surface area contributed by atoms with Crippen LogP contribution < -0.4 is 4.74 Å². The molecule has 2 aromatic rings. The summed E-state index contributed by atoms with van der Waals surface area (Å²) in [6.07, 6.45) is -0.698. The molecule has 0 unspecified atom stereocenters. The predicted molar refractivity (Wildman–Crippen MR) is 88.3 cm³/mol. The highest BCUT2D eigenvalue weighted by Gasteiger charge is 2.21. The molecule has 0 bridgehead atoms. The molecule has 0 aliphatic carbocycles. The summed E-state index contributed by atoms with van der Waals surface area (Å²) in [5, 5.41) is 0. The summed E-state index contributed by atoms with van der Waals surface area (Å²) in [7, 11) is 1.28. The van der Waals surface area contributed by atoms with Gasteiger partial charge < -0.3 is 14.2 Å². The number of benzene rings is 2. The van der Waals surface area contributed by atoms with Crippen LogP contribution in [0.25, 0.3) is 0 Å². The summed E-state index contributed by atoms with van der Waals surface area (Å²) in [5.41, 5.74) is 1.38. The Labute approximate surface area is 141 Å². The molecule has 128 valence electrons. The SMILES string of the molecule is CCO[C@@H](Cc1ccc(OCc2ccccc2)cc1F)C(=O)OC. The van der Waals surface area contributed by atoms with Gasteiger partial charge in [0, 0.05) is 19.1 Å². The summed E-state index contributed by atoms with van der Waals surface area (Å²) >= 11 is 0. The van der Waals surface area contributed by atoms with Gasteiger partial charge in [0.05, 0.1) is 7.11 Å². The summed E-state index contributed by atoms with van der Waals surface area (Å²) in [4.78, 5) is 11.6. The molecule has 0 fully saturated rings. The Bertz CT molecular complexity index is 658. The molecule has 0 saturated carbocycles. The molecule has 0 aliphatic rings. The molecule has 2 rings (SSSR count). The summed E-state index contributed by atoms with van der Waals surface area (Å²) in [5.74, 6) is -0.513. The Morgan fingerprint density at radius 2 is 1.92 bits per heavy atom. The van der Waals surface area contributed by atoms with Crippen LogP contribution in [0.4, 0.5) is 4.39 Å². The van der Waals surface area contributed by atoms with Crippen molar-refractivity contribution in [3.05, 3.63) is 65.5 Å². The number of esters is 1. The van der Waals surface area contributed by atoms with Crippen molar-refractivity contribution in [3.63, 3.8) is 0 Å². The van der Waals surface area contributed by atoms with Crippen molar-refractivity contribution in [2.24, 2.45) is 0 Å². The summed E-state index contributed by atoms with van der Waals surface area (Å²) < 4.78 is 29.8. The highest BCUT2D eigenvalue weighted by atomic mass is 19.1. The maximum Gasteiger partial charge on any atom is 0.335 e. The quantitative estimate of drug-likeness (QED) is 0.694. The number of ether oxygens (including phenoxy) is 3. The Morgan fingerprint density at radius 3 is 2.54 bits per heavy atom. The Balaban J connectivity index is 2.01. The summed E-state index contributed by atoms with van der Waals surface area (Å²) in [6.45, 7) is 2.48. The van der Waals surface area contributed by atoms with Gasteiger partial charge >= 0.3 is 5.97 Å². The van der Waals surface area contributed by atoms with E-state index in [9.17, 15) is 9.18 Å². The standard InChI is InChI=1S/C19H21FO4/c1-3-23-18(19(21)22-2)11-15-9-10-16(12-17(15)20)24-13-14-7-5-4-6-8-14/h4-10,12,18H,3,11,13H2,1-2H3/t18-/m0/s1. The van der Waals surface area contributed by atoms with Crippen molar-refractivity contribution in [2.75, 3.05) is 13.7 Å². The first-order valence-corrected chi connectivity index (χ1v) is 7.78. The smallest absolute Gasteiger partial charge is 0.335 e. The lowest BCUT2D eigenvalue weighted by Crippen LogP contribution is -2.28. The van der Waals surface area contributed by atoms with Crippen LogP contribution >= 0.6 is 0 Å². The van der Waals surface area contributed by atoms with Gasteiger partial charge in [0.25, 0.3) is 0 Å². The predicted octanol–water partition coefficient (Wildman–Crippen LogP) is 3.53. The number of carbonyl (C=O) groups is 1. The van der Waals surface area contributed by atoms with Crippen molar-refractivity contribution in [3.8, 4) is 5.75 Å². The number of carbonyl (C=O) groups excluding carboxylic acids is 1. The molecule has 0 N–H and O–H groups in total. The van der Waals surface area contributed by atoms with Crippen molar-refractivity contribution < 1.29 is 23.4 Å². The van der Waals surface area contributed by atoms with Gasteiger partial charge in [0.15, 0.2) is 6.10 Å². The highest BCUT2D eigenvalue weighted by molar-refractivity contribution is 5.75. The second-order valence-electron chi connectivity index (χ2n) is 5.20. The van der Waals surface area contributed by atoms with E-state index in [1.165, 1.54) is 13.2 Å². The number of methoxy groups -OCH3 is 1. The molecule has 2 aromatic carbocycles. The Morgan fingerprint density at radius 1 is 1.17 bits per heavy atom. The van der Waals surface area contributed by atoms with E-state index in [2.05, 4.69) is 4.74 Å². The van der Waals surface area contributed by atoms with E-state index in [0.29, 0.717) is 24.5 Å². The normalized spacial score (nSPS) is 11.8. The topological polar surface area (TPSA) is 44.8 Å². The zero-order valence-corrected chi connectivity index (χ0v) is 13.8. The lowest BCUT2D eigenvalue weighted by atomic mass is 10.1. The zero-order valence-electron chi connectivity index (χ0n) is 13.8. The third-order valence-corrected chi connectivity index (χ3v) is 3.51. The fourth-order valence-electron chi connectivity index (χ4n) is 2.27. The minimum Gasteiger partial charge on any atom is -0.489 e. The molecule has 1 atom stereocenters. The van der Waals surface area contributed by atoms with Crippen molar-refractivity contribution in [1.29, 1.82) is 0 Å². The molecular weight excluding hydrogens is 311 g/mol. The van der Waals surface area contributed by atoms with Crippen LogP contribution in [0.1, 0.15) is 18.1 Å². The van der Waals surface area contributed by atoms with E-state index in [4.69, 9.17) is 9.47 Å². The second kappa shape index (κ2) is 9.03. The fourth-order valence-corrected chi connectivity index (χ4v) is 2.27. The third kappa shape index (κ3) is 5.06. The van der Waals surface area contributed by atoms with Crippen LogP contribution in [0.5, 0.6) is 5.75 Å². The fraction of sp³-hybridized carbons (Fsp3) is 0.316. The molecule has 0 aliphatic heterocycles. The molecule has 0 heterocycles. The molecule has 4 nitrogen and oxygen atoms in total. The Kier molecular flexibility index (Phi) is 6.75. The number of hydrogen-bond donors (Lipinski definition) is 0. The monoisotopic (exact) mass is 332 g/mol. The van der Waals surface area contributed by atoms with E-state index in [1.54, 1.807) is 19.1 Å². The molecule has 0 saturated heterocycles. The molecule has 0 spiro atoms. The van der Waals surface area contributed by atoms with Gasteiger partial charge in [-0.25, -0.2) is 9.18 Å². The van der Waals surface area contributed by atoms with Crippen LogP contribution in [-0.4, -0.2) is 25.8 Å². The lowest BCUT2D eigenvalue weighted by Gasteiger charge is -2.15. The Hall–Kier alpha value is -2.40. The average molecular weight is 332 g/mol. The van der Waals surface area contributed by atoms with Crippen molar-refractivity contribution in [1.82, 2.24) is 0 Å². The van der Waals surface area contributed by atoms with Gasteiger partial charge in [0.2, 0.25) is 0 Å². The molecule has 0 radical (unpaired) electrons. The zero-order chi connectivity index (χ0) is 17.4. The first kappa shape index (κ1) is 17.9. The van der Waals surface area contributed by atoms with Crippen molar-refractivity contribution in [2.45, 2.75) is 26.1 Å². The second-order valence-corrected chi connectivity index (χ2v) is 5.20. The molecule has 0 amide bonds. The molecule has 0 aromatic heterocycles. The van der Waals surface area contributed by atoms with E-state index in [1.807, 2.05) is 30.3 Å². The van der Waals surface area contributed by atoms with Crippen LogP contribution in [0.3, 0.4) is 0 Å². The average Bonchev–Trinajstić information content (AvgIpc) is 2.61. The number of halogens is 1. The number of hydrogen-bond acceptors (Lipinski definition) is 4. The molecule has 24 heavy (non-hydrogen) atoms. The maximum absolute atomic E-state index is 14.3. The van der Waals surface area contributed by atoms with Gasteiger partial charge in [-0.3, -0.25) is 0 Å². The minimum absolute atomic E-state index is 0.116. The van der Waals surface area contributed by atoms with E-state index in [0.717, 1.165) is 5.56 Å². The van der Waals surface area contributed by atoms with Gasteiger partial charge in [-0.05, 0) is 24.1 Å². The van der Waals surface area contributed by atoms with Gasteiger partial charge in [0.1, 0.15) is 18.2 Å². The minimum atomic E-state index is -0.814. The summed E-state index contributed by atoms with van der Waals surface area (Å²) in [6, 6.07) is 14.2. The van der Waals surface area contributed by atoms with Crippen LogP contribution in [0.2, 0.25) is 0 Å². The first-order valence-electron chi connectivity index (χ1n) is 7.78. The van der Waals surface area contributed by atoms with E-state index >= 15 is 0 Å². The highest BCUT2D eigenvalue weighted by Crippen LogP contribution is 2.20. The van der Waals surface area contributed by atoms with Gasteiger partial charge in [-0.2, -0.15) is 0 Å². The van der Waals surface area contributed by atoms with E-state index < -0.39 is 17.9 Å². The van der Waals surface area contributed by atoms with Crippen LogP contribution in [0, 0.1) is 5.82 Å². The van der Waals surface area contributed by atoms with E-state index in [-0.39, 0.29) is 6.42 Å². The maximum atomic E-state index is 14.3. The molecule has 5 heteroatoms. The third-order valence-electron chi connectivity index (χ3n) is 3.51. The van der Waals surface area contributed by atoms with Crippen molar-refractivity contribution >= 4 is 5.97 Å². The first-order chi connectivity index (χ1) is 11.6. The van der Waals surface area contributed by atoms with Crippen LogP contribution in [0.15, 0.2) is 48.5 Å². The van der Waals surface area contributed by atoms with Gasteiger partial charge in [-0.1, -0.05) is 36.4 Å².